The van der Waals surface area contributed by atoms with E-state index in [9.17, 15) is 13.2 Å². The number of pyridine rings is 1. The van der Waals surface area contributed by atoms with Gasteiger partial charge in [0.05, 0.1) is 11.3 Å². The molecule has 0 aliphatic carbocycles. The molecular formula is C29H32F3N5. The molecule has 0 atom stereocenters. The molecule has 0 radical (unpaired) electrons. The van der Waals surface area contributed by atoms with Gasteiger partial charge >= 0.3 is 6.18 Å². The van der Waals surface area contributed by atoms with E-state index in [1.54, 1.807) is 30.6 Å². The number of piperazine rings is 1. The summed E-state index contributed by atoms with van der Waals surface area (Å²) in [6.07, 6.45) is -0.00851. The maximum Gasteiger partial charge on any atom is 0.416 e. The predicted octanol–water partition coefficient (Wildman–Crippen LogP) is 4.89. The number of halogens is 3. The van der Waals surface area contributed by atoms with Gasteiger partial charge < -0.3 is 16.4 Å². The number of hydrogen-bond acceptors (Lipinski definition) is 5. The Bertz CT molecular complexity index is 1280. The lowest BCUT2D eigenvalue weighted by atomic mass is 9.95. The molecule has 8 heteroatoms. The first kappa shape index (κ1) is 27.8. The van der Waals surface area contributed by atoms with Crippen LogP contribution in [0.1, 0.15) is 27.8 Å². The molecule has 0 saturated carbocycles. The van der Waals surface area contributed by atoms with Crippen molar-refractivity contribution in [1.82, 2.24) is 14.8 Å². The highest BCUT2D eigenvalue weighted by atomic mass is 19.4. The second kappa shape index (κ2) is 12.4. The summed E-state index contributed by atoms with van der Waals surface area (Å²) in [6, 6.07) is 11.9. The molecule has 5 nitrogen and oxygen atoms in total. The zero-order chi connectivity index (χ0) is 27.0. The van der Waals surface area contributed by atoms with Gasteiger partial charge in [-0.3, -0.25) is 9.88 Å². The average molecular weight is 508 g/mol. The second-order valence-corrected chi connectivity index (χ2v) is 8.97. The van der Waals surface area contributed by atoms with Crippen LogP contribution in [0.15, 0.2) is 67.6 Å². The highest BCUT2D eigenvalue weighted by molar-refractivity contribution is 5.68. The van der Waals surface area contributed by atoms with Crippen LogP contribution in [0.3, 0.4) is 0 Å². The van der Waals surface area contributed by atoms with Crippen molar-refractivity contribution in [3.8, 4) is 23.0 Å². The first-order valence-corrected chi connectivity index (χ1v) is 11.9. The number of aromatic nitrogens is 1. The topological polar surface area (TPSA) is 71.4 Å². The van der Waals surface area contributed by atoms with Crippen molar-refractivity contribution in [2.24, 2.45) is 5.73 Å². The molecule has 1 fully saturated rings. The summed E-state index contributed by atoms with van der Waals surface area (Å²) in [4.78, 5) is 8.29. The number of aryl methyl sites for hydroxylation is 1. The summed E-state index contributed by atoms with van der Waals surface area (Å²) in [5, 5.41) is 0. The van der Waals surface area contributed by atoms with Gasteiger partial charge in [0.1, 0.15) is 0 Å². The normalized spacial score (nSPS) is 14.2. The number of alkyl halides is 3. The van der Waals surface area contributed by atoms with Gasteiger partial charge in [-0.25, -0.2) is 0 Å². The van der Waals surface area contributed by atoms with E-state index in [4.69, 9.17) is 5.73 Å². The molecule has 0 unspecified atom stereocenters. The van der Waals surface area contributed by atoms with E-state index in [0.717, 1.165) is 37.3 Å². The van der Waals surface area contributed by atoms with Crippen molar-refractivity contribution >= 4 is 5.69 Å². The number of nitrogen functional groups attached to an aromatic ring is 1. The Kier molecular flexibility index (Phi) is 9.34. The van der Waals surface area contributed by atoms with Crippen LogP contribution in [0.2, 0.25) is 0 Å². The van der Waals surface area contributed by atoms with Gasteiger partial charge in [0.15, 0.2) is 0 Å². The molecule has 2 aromatic carbocycles. The lowest BCUT2D eigenvalue weighted by molar-refractivity contribution is -0.138. The molecule has 4 N–H and O–H groups in total. The lowest BCUT2D eigenvalue weighted by Crippen LogP contribution is -2.44. The lowest BCUT2D eigenvalue weighted by Gasteiger charge is -2.33. The zero-order valence-electron chi connectivity index (χ0n) is 21.1. The minimum absolute atomic E-state index is 0.293. The van der Waals surface area contributed by atoms with Gasteiger partial charge in [0, 0.05) is 56.2 Å². The van der Waals surface area contributed by atoms with Crippen molar-refractivity contribution in [2.75, 3.05) is 39.0 Å². The van der Waals surface area contributed by atoms with Gasteiger partial charge in [-0.05, 0) is 60.6 Å². The first-order chi connectivity index (χ1) is 17.6. The minimum Gasteiger partial charge on any atom is -0.405 e. The summed E-state index contributed by atoms with van der Waals surface area (Å²) >= 11 is 0. The molecule has 1 aliphatic heterocycles. The van der Waals surface area contributed by atoms with Crippen molar-refractivity contribution in [3.05, 3.63) is 95.5 Å². The number of nitrogens with two attached hydrogens (primary N) is 2. The smallest absolute Gasteiger partial charge is 0.405 e. The third-order valence-corrected chi connectivity index (χ3v) is 6.08. The highest BCUT2D eigenvalue weighted by Crippen LogP contribution is 2.36. The fourth-order valence-corrected chi connectivity index (χ4v) is 4.01. The molecule has 1 aromatic heterocycles. The Labute approximate surface area is 216 Å². The van der Waals surface area contributed by atoms with Gasteiger partial charge in [0.25, 0.3) is 0 Å². The molecule has 1 saturated heterocycles. The van der Waals surface area contributed by atoms with E-state index in [0.29, 0.717) is 34.5 Å². The van der Waals surface area contributed by atoms with Crippen molar-refractivity contribution in [3.63, 3.8) is 0 Å². The second-order valence-electron chi connectivity index (χ2n) is 8.97. The Morgan fingerprint density at radius 1 is 1.00 bits per heavy atom. The van der Waals surface area contributed by atoms with Crippen molar-refractivity contribution in [2.45, 2.75) is 19.6 Å². The molecule has 2 heterocycles. The fraction of sp³-hybridized carbons (Fsp3) is 0.276. The van der Waals surface area contributed by atoms with Crippen molar-refractivity contribution in [1.29, 1.82) is 0 Å². The van der Waals surface area contributed by atoms with Crippen LogP contribution in [0, 0.1) is 18.8 Å². The monoisotopic (exact) mass is 507 g/mol. The molecule has 0 bridgehead atoms. The fourth-order valence-electron chi connectivity index (χ4n) is 4.01. The molecule has 0 spiro atoms. The van der Waals surface area contributed by atoms with Gasteiger partial charge in [-0.1, -0.05) is 42.7 Å². The van der Waals surface area contributed by atoms with Gasteiger partial charge in [-0.15, -0.1) is 0 Å². The standard InChI is InChI=1S/C27H27F3N4.C2H5N/c1-19-3-5-22(14-21(19)6-4-20-13-25(31)17-32-16-20)23-7-8-24(26(15-23)27(28,29)30)18-34-11-9-33(2)10-12-34;1-2-3/h3,5,7-8,13-17H,9-12,18,31H2,1-2H3;2H,1,3H2. The number of rotatable bonds is 3. The minimum atomic E-state index is -4.43. The van der Waals surface area contributed by atoms with Crippen LogP contribution < -0.4 is 11.5 Å². The number of benzene rings is 2. The maximum atomic E-state index is 14.0. The van der Waals surface area contributed by atoms with E-state index in [1.165, 1.54) is 12.3 Å². The van der Waals surface area contributed by atoms with Crippen molar-refractivity contribution < 1.29 is 13.2 Å². The zero-order valence-corrected chi connectivity index (χ0v) is 21.1. The number of likely N-dealkylation sites (N-methyl/N-ethyl adjacent to an activating group) is 1. The highest BCUT2D eigenvalue weighted by Gasteiger charge is 2.34. The molecule has 37 heavy (non-hydrogen) atoms. The van der Waals surface area contributed by atoms with Gasteiger partial charge in [0.2, 0.25) is 0 Å². The Balaban J connectivity index is 0.00000121. The SMILES string of the molecule is C=CN.Cc1ccc(-c2ccc(CN3CCN(C)CC3)c(C(F)(F)F)c2)cc1C#Cc1cncc(N)c1. The quantitative estimate of drug-likeness (QED) is 0.494. The molecule has 4 rings (SSSR count). The van der Waals surface area contributed by atoms with Crippen LogP contribution in [0.5, 0.6) is 0 Å². The molecule has 1 aliphatic rings. The predicted molar refractivity (Wildman–Crippen MR) is 143 cm³/mol. The molecular weight excluding hydrogens is 475 g/mol. The third-order valence-electron chi connectivity index (χ3n) is 6.08. The molecule has 0 amide bonds. The number of nitrogens with zero attached hydrogens (tertiary/aromatic N) is 3. The summed E-state index contributed by atoms with van der Waals surface area (Å²) in [6.45, 7) is 8.60. The Hall–Kier alpha value is -3.80. The van der Waals surface area contributed by atoms with Crippen LogP contribution >= 0.6 is 0 Å². The average Bonchev–Trinajstić information content (AvgIpc) is 2.85. The molecule has 194 valence electrons. The Morgan fingerprint density at radius 2 is 1.65 bits per heavy atom. The third kappa shape index (κ3) is 7.84. The van der Waals surface area contributed by atoms with E-state index in [-0.39, 0.29) is 0 Å². The van der Waals surface area contributed by atoms with E-state index >= 15 is 0 Å². The maximum absolute atomic E-state index is 14.0. The van der Waals surface area contributed by atoms with E-state index in [1.807, 2.05) is 32.2 Å². The number of anilines is 1. The van der Waals surface area contributed by atoms with Crippen LogP contribution in [0.4, 0.5) is 18.9 Å². The van der Waals surface area contributed by atoms with E-state index < -0.39 is 11.7 Å². The van der Waals surface area contributed by atoms with Gasteiger partial charge in [-0.2, -0.15) is 13.2 Å². The largest absolute Gasteiger partial charge is 0.416 e. The summed E-state index contributed by atoms with van der Waals surface area (Å²) in [7, 11) is 2.03. The van der Waals surface area contributed by atoms with Crippen LogP contribution in [-0.2, 0) is 12.7 Å². The summed E-state index contributed by atoms with van der Waals surface area (Å²) in [5.74, 6) is 6.14. The summed E-state index contributed by atoms with van der Waals surface area (Å²) in [5.41, 5.74) is 14.2. The number of hydrogen-bond donors (Lipinski definition) is 2. The van der Waals surface area contributed by atoms with Crippen LogP contribution in [-0.4, -0.2) is 48.0 Å². The molecule has 3 aromatic rings. The first-order valence-electron chi connectivity index (χ1n) is 11.9. The Morgan fingerprint density at radius 3 is 2.30 bits per heavy atom. The summed E-state index contributed by atoms with van der Waals surface area (Å²) < 4.78 is 41.9. The van der Waals surface area contributed by atoms with E-state index in [2.05, 4.69) is 38.9 Å². The van der Waals surface area contributed by atoms with Crippen LogP contribution in [0.25, 0.3) is 11.1 Å².